The van der Waals surface area contributed by atoms with Crippen LogP contribution in [-0.4, -0.2) is 93.7 Å². The molecule has 1 heterocycles. The molecule has 1 saturated heterocycles. The van der Waals surface area contributed by atoms with Gasteiger partial charge in [-0.05, 0) is 84.6 Å². The number of aliphatic hydroxyl groups is 1. The highest BCUT2D eigenvalue weighted by molar-refractivity contribution is 6.28. The molecule has 0 aromatic heterocycles. The summed E-state index contributed by atoms with van der Waals surface area (Å²) in [7, 11) is 6.75. The Bertz CT molecular complexity index is 623. The first-order valence-corrected chi connectivity index (χ1v) is 16.1. The Balaban J connectivity index is -0.000000556. The molecule has 3 rings (SSSR count). The predicted octanol–water partition coefficient (Wildman–Crippen LogP) is 4.15. The van der Waals surface area contributed by atoms with E-state index in [0.29, 0.717) is 24.5 Å². The van der Waals surface area contributed by atoms with Gasteiger partial charge < -0.3 is 25.9 Å². The van der Waals surface area contributed by atoms with Crippen LogP contribution in [0.15, 0.2) is 0 Å². The Hall–Kier alpha value is -1.68. The number of aldehydes is 2. The van der Waals surface area contributed by atoms with E-state index in [1.165, 1.54) is 44.9 Å². The van der Waals surface area contributed by atoms with Gasteiger partial charge in [-0.25, -0.2) is 0 Å². The van der Waals surface area contributed by atoms with Gasteiger partial charge in [-0.2, -0.15) is 0 Å². The molecule has 0 bridgehead atoms. The summed E-state index contributed by atoms with van der Waals surface area (Å²) >= 11 is 0. The van der Waals surface area contributed by atoms with Crippen molar-refractivity contribution < 1.29 is 24.3 Å². The number of likely N-dealkylation sites (tertiary alicyclic amines) is 1. The summed E-state index contributed by atoms with van der Waals surface area (Å²) in [5, 5.41) is 15.8. The molecule has 9 heteroatoms. The highest BCUT2D eigenvalue weighted by Crippen LogP contribution is 2.30. The molecule has 1 aliphatic heterocycles. The molecule has 3 aliphatic rings. The topological polar surface area (TPSA) is 128 Å². The van der Waals surface area contributed by atoms with Crippen LogP contribution in [-0.2, 0) is 19.2 Å². The highest BCUT2D eigenvalue weighted by Gasteiger charge is 2.32. The van der Waals surface area contributed by atoms with Gasteiger partial charge in [0.15, 0.2) is 6.29 Å². The quantitative estimate of drug-likeness (QED) is 0.210. The summed E-state index contributed by atoms with van der Waals surface area (Å²) < 4.78 is 0. The van der Waals surface area contributed by atoms with Crippen molar-refractivity contribution in [1.29, 1.82) is 0 Å². The molecule has 0 aromatic carbocycles. The van der Waals surface area contributed by atoms with Crippen molar-refractivity contribution in [2.45, 2.75) is 130 Å². The molecule has 41 heavy (non-hydrogen) atoms. The molecule has 2 saturated carbocycles. The third-order valence-corrected chi connectivity index (χ3v) is 7.53. The molecular weight excluding hydrogens is 520 g/mol. The second-order valence-electron chi connectivity index (χ2n) is 10.2. The van der Waals surface area contributed by atoms with Crippen LogP contribution < -0.4 is 16.0 Å². The minimum Gasteiger partial charge on any atom is -0.400 e. The third kappa shape index (κ3) is 20.0. The van der Waals surface area contributed by atoms with E-state index in [1.807, 2.05) is 53.7 Å². The van der Waals surface area contributed by atoms with Crippen molar-refractivity contribution >= 4 is 24.3 Å². The number of hydrogen-bond acceptors (Lipinski definition) is 8. The minimum atomic E-state index is -0.621. The van der Waals surface area contributed by atoms with Crippen molar-refractivity contribution in [1.82, 2.24) is 20.9 Å². The Morgan fingerprint density at radius 2 is 1.49 bits per heavy atom. The molecule has 3 fully saturated rings. The van der Waals surface area contributed by atoms with Gasteiger partial charge in [0.05, 0.1) is 18.1 Å². The van der Waals surface area contributed by atoms with Crippen LogP contribution in [0, 0.1) is 11.8 Å². The number of hydrogen-bond donors (Lipinski definition) is 4. The van der Waals surface area contributed by atoms with E-state index < -0.39 is 11.8 Å². The van der Waals surface area contributed by atoms with Crippen molar-refractivity contribution in [3.8, 4) is 0 Å². The zero-order valence-electron chi connectivity index (χ0n) is 28.0. The minimum absolute atomic E-state index is 0.107. The van der Waals surface area contributed by atoms with E-state index in [2.05, 4.69) is 22.9 Å². The molecule has 0 spiro atoms. The van der Waals surface area contributed by atoms with Gasteiger partial charge in [-0.3, -0.25) is 19.3 Å². The Morgan fingerprint density at radius 3 is 1.83 bits per heavy atom. The molecule has 1 amide bonds. The van der Waals surface area contributed by atoms with Crippen LogP contribution >= 0.6 is 0 Å². The number of nitrogens with one attached hydrogen (secondary N) is 3. The first-order chi connectivity index (χ1) is 19.9. The number of carbonyl (C=O) groups excluding carboxylic acids is 4. The Morgan fingerprint density at radius 1 is 0.902 bits per heavy atom. The fourth-order valence-electron chi connectivity index (χ4n) is 5.06. The lowest BCUT2D eigenvalue weighted by atomic mass is 9.80. The Kier molecular flexibility index (Phi) is 33.4. The maximum absolute atomic E-state index is 12.2. The van der Waals surface area contributed by atoms with Crippen molar-refractivity contribution in [2.24, 2.45) is 11.8 Å². The first-order valence-electron chi connectivity index (χ1n) is 16.1. The largest absolute Gasteiger partial charge is 0.400 e. The number of amides is 1. The van der Waals surface area contributed by atoms with Crippen LogP contribution in [0.5, 0.6) is 0 Å². The summed E-state index contributed by atoms with van der Waals surface area (Å²) in [6, 6.07) is -0.664. The van der Waals surface area contributed by atoms with E-state index in [4.69, 9.17) is 5.11 Å². The predicted molar refractivity (Wildman–Crippen MR) is 171 cm³/mol. The molecule has 9 nitrogen and oxygen atoms in total. The fourth-order valence-corrected chi connectivity index (χ4v) is 5.06. The monoisotopic (exact) mass is 587 g/mol. The van der Waals surface area contributed by atoms with Crippen LogP contribution in [0.3, 0.4) is 0 Å². The smallest absolute Gasteiger partial charge is 0.237 e. The van der Waals surface area contributed by atoms with Crippen molar-refractivity contribution in [3.05, 3.63) is 0 Å². The van der Waals surface area contributed by atoms with E-state index in [0.717, 1.165) is 52.2 Å². The van der Waals surface area contributed by atoms with E-state index in [1.54, 1.807) is 0 Å². The second-order valence-corrected chi connectivity index (χ2v) is 10.2. The first kappa shape index (κ1) is 43.8. The summed E-state index contributed by atoms with van der Waals surface area (Å²) in [6.07, 6.45) is 14.9. The van der Waals surface area contributed by atoms with Gasteiger partial charge in [-0.1, -0.05) is 73.1 Å². The zero-order valence-corrected chi connectivity index (χ0v) is 28.0. The number of ketones is 1. The number of carbonyl (C=O) groups is 4. The van der Waals surface area contributed by atoms with Crippen LogP contribution in [0.1, 0.15) is 112 Å². The van der Waals surface area contributed by atoms with Gasteiger partial charge in [-0.15, -0.1) is 0 Å². The van der Waals surface area contributed by atoms with Crippen LogP contribution in [0.2, 0.25) is 0 Å². The molecule has 244 valence electrons. The summed E-state index contributed by atoms with van der Waals surface area (Å²) in [5.74, 6) is 0.474. The molecule has 2 aliphatic carbocycles. The van der Waals surface area contributed by atoms with E-state index >= 15 is 0 Å². The van der Waals surface area contributed by atoms with Gasteiger partial charge in [0, 0.05) is 7.11 Å². The average molecular weight is 587 g/mol. The Labute approximate surface area is 252 Å². The van der Waals surface area contributed by atoms with E-state index in [-0.39, 0.29) is 18.0 Å². The standard InChI is InChI=1S/C14H22N2O3.C9H17NO.C4H11N.2C2H6.CH4O/c1-16-7-3-6-12(16)14(19)15-11(13(18)9-17)8-10-4-2-5-10;1-10-9(7-11)8-5-3-2-4-6-8;1-3-4-5-2;3*1-2/h9-12H,2-8H2,1H3,(H,15,19);7-10H,2-6H2,1H3;5H,3-4H2,1-2H3;2*1-2H3;2H,1H3. The third-order valence-electron chi connectivity index (χ3n) is 7.53. The lowest BCUT2D eigenvalue weighted by Crippen LogP contribution is -2.49. The van der Waals surface area contributed by atoms with E-state index in [9.17, 15) is 19.2 Å². The summed E-state index contributed by atoms with van der Waals surface area (Å²) in [5.41, 5.74) is 0. The lowest BCUT2D eigenvalue weighted by molar-refractivity contribution is -0.134. The maximum atomic E-state index is 12.2. The molecule has 0 aromatic rings. The van der Waals surface area contributed by atoms with Gasteiger partial charge in [0.1, 0.15) is 6.29 Å². The zero-order chi connectivity index (χ0) is 32.1. The normalized spacial score (nSPS) is 19.5. The van der Waals surface area contributed by atoms with Gasteiger partial charge in [0.25, 0.3) is 0 Å². The molecule has 4 N–H and O–H groups in total. The number of likely N-dealkylation sites (N-methyl/N-ethyl adjacent to an activating group) is 2. The SMILES string of the molecule is CC.CC.CCCNC.CN1CCCC1C(=O)NC(CC1CCC1)C(=O)C=O.CNC(C=O)C1CCCCC1.CO. The number of nitrogens with zero attached hydrogens (tertiary/aromatic N) is 1. The maximum Gasteiger partial charge on any atom is 0.237 e. The van der Waals surface area contributed by atoms with Crippen molar-refractivity contribution in [2.75, 3.05) is 41.3 Å². The summed E-state index contributed by atoms with van der Waals surface area (Å²) in [6.45, 7) is 12.2. The number of Topliss-reactive ketones (excluding diaryl/α,β-unsaturated/α-hetero) is 1. The van der Waals surface area contributed by atoms with Crippen LogP contribution in [0.4, 0.5) is 0 Å². The number of rotatable bonds is 11. The highest BCUT2D eigenvalue weighted by atomic mass is 16.2. The molecule has 3 unspecified atom stereocenters. The average Bonchev–Trinajstić information content (AvgIpc) is 3.45. The number of aliphatic hydroxyl groups excluding tert-OH is 1. The fraction of sp³-hybridized carbons (Fsp3) is 0.875. The molecular formula is C32H66N4O5. The summed E-state index contributed by atoms with van der Waals surface area (Å²) in [4.78, 5) is 47.0. The molecule has 3 atom stereocenters. The van der Waals surface area contributed by atoms with Crippen LogP contribution in [0.25, 0.3) is 0 Å². The van der Waals surface area contributed by atoms with Gasteiger partial charge in [0.2, 0.25) is 11.7 Å². The second kappa shape index (κ2) is 31.3. The van der Waals surface area contributed by atoms with Gasteiger partial charge >= 0.3 is 0 Å². The molecule has 0 radical (unpaired) electrons. The lowest BCUT2D eigenvalue weighted by Gasteiger charge is -2.29. The van der Waals surface area contributed by atoms with Crippen molar-refractivity contribution in [3.63, 3.8) is 0 Å².